The topological polar surface area (TPSA) is 72.2 Å². The van der Waals surface area contributed by atoms with Crippen LogP contribution in [0.15, 0.2) is 47.6 Å². The molecule has 1 N–H and O–H groups in total. The van der Waals surface area contributed by atoms with Crippen molar-refractivity contribution in [3.05, 3.63) is 48.3 Å². The van der Waals surface area contributed by atoms with Gasteiger partial charge >= 0.3 is 0 Å². The van der Waals surface area contributed by atoms with Crippen LogP contribution in [-0.2, 0) is 22.0 Å². The van der Waals surface area contributed by atoms with Crippen LogP contribution in [0.3, 0.4) is 0 Å². The molecule has 0 aliphatic rings. The van der Waals surface area contributed by atoms with Crippen molar-refractivity contribution in [3.63, 3.8) is 0 Å². The zero-order valence-corrected chi connectivity index (χ0v) is 11.6. The van der Waals surface area contributed by atoms with Gasteiger partial charge in [0.1, 0.15) is 10.5 Å². The van der Waals surface area contributed by atoms with E-state index in [9.17, 15) is 13.5 Å². The van der Waals surface area contributed by atoms with Crippen molar-refractivity contribution in [1.82, 2.24) is 9.78 Å². The minimum atomic E-state index is -3.27. The molecule has 102 valence electrons. The molecule has 0 saturated heterocycles. The highest BCUT2D eigenvalue weighted by Crippen LogP contribution is 2.22. The van der Waals surface area contributed by atoms with Crippen molar-refractivity contribution in [3.8, 4) is 0 Å². The minimum Gasteiger partial charge on any atom is -0.384 e. The molecule has 0 radical (unpaired) electrons. The number of nitrogens with zero attached hydrogens (tertiary/aromatic N) is 2. The Kier molecular flexibility index (Phi) is 3.47. The summed E-state index contributed by atoms with van der Waals surface area (Å²) in [5.74, 6) is 0. The molecule has 0 saturated carbocycles. The highest BCUT2D eigenvalue weighted by molar-refractivity contribution is 7.90. The zero-order valence-electron chi connectivity index (χ0n) is 10.8. The van der Waals surface area contributed by atoms with Gasteiger partial charge in [0.2, 0.25) is 0 Å². The number of aliphatic hydroxyl groups is 1. The SMILES string of the molecule is CC(O)(Cn1cc(S(C)(=O)=O)cn1)c1ccccc1. The Balaban J connectivity index is 2.24. The van der Waals surface area contributed by atoms with Crippen molar-refractivity contribution in [2.24, 2.45) is 0 Å². The molecule has 2 aromatic rings. The first kappa shape index (κ1) is 13.8. The smallest absolute Gasteiger partial charge is 0.178 e. The van der Waals surface area contributed by atoms with Gasteiger partial charge in [-0.2, -0.15) is 5.10 Å². The minimum absolute atomic E-state index is 0.149. The van der Waals surface area contributed by atoms with E-state index in [0.29, 0.717) is 0 Å². The van der Waals surface area contributed by atoms with Crippen molar-refractivity contribution < 1.29 is 13.5 Å². The predicted octanol–water partition coefficient (Wildman–Crippen LogP) is 1.19. The molecular weight excluding hydrogens is 264 g/mol. The first-order chi connectivity index (χ1) is 8.79. The van der Waals surface area contributed by atoms with E-state index in [4.69, 9.17) is 0 Å². The molecule has 0 amide bonds. The lowest BCUT2D eigenvalue weighted by atomic mass is 9.96. The fraction of sp³-hybridized carbons (Fsp3) is 0.308. The maximum absolute atomic E-state index is 11.4. The number of rotatable bonds is 4. The third kappa shape index (κ3) is 3.21. The molecular formula is C13H16N2O3S. The van der Waals surface area contributed by atoms with Crippen LogP contribution in [0.25, 0.3) is 0 Å². The predicted molar refractivity (Wildman–Crippen MR) is 71.3 cm³/mol. The summed E-state index contributed by atoms with van der Waals surface area (Å²) in [7, 11) is -3.27. The molecule has 5 nitrogen and oxygen atoms in total. The molecule has 2 rings (SSSR count). The second kappa shape index (κ2) is 4.79. The van der Waals surface area contributed by atoms with Gasteiger partial charge in [-0.15, -0.1) is 0 Å². The second-order valence-electron chi connectivity index (χ2n) is 4.79. The van der Waals surface area contributed by atoms with Gasteiger partial charge in [0, 0.05) is 12.5 Å². The first-order valence-electron chi connectivity index (χ1n) is 5.79. The van der Waals surface area contributed by atoms with Gasteiger partial charge in [-0.05, 0) is 12.5 Å². The van der Waals surface area contributed by atoms with Crippen LogP contribution < -0.4 is 0 Å². The van der Waals surface area contributed by atoms with Gasteiger partial charge in [-0.25, -0.2) is 8.42 Å². The Hall–Kier alpha value is -1.66. The molecule has 6 heteroatoms. The summed E-state index contributed by atoms with van der Waals surface area (Å²) in [6.07, 6.45) is 3.84. The Morgan fingerprint density at radius 2 is 1.95 bits per heavy atom. The standard InChI is InChI=1S/C13H16N2O3S/c1-13(16,11-6-4-3-5-7-11)10-15-9-12(8-14-15)19(2,17)18/h3-9,16H,10H2,1-2H3. The van der Waals surface area contributed by atoms with Crippen LogP contribution in [0.1, 0.15) is 12.5 Å². The summed E-state index contributed by atoms with van der Waals surface area (Å²) in [6.45, 7) is 1.86. The molecule has 1 heterocycles. The zero-order chi connectivity index (χ0) is 14.1. The van der Waals surface area contributed by atoms with Crippen LogP contribution in [0.5, 0.6) is 0 Å². The van der Waals surface area contributed by atoms with Crippen molar-refractivity contribution >= 4 is 9.84 Å². The summed E-state index contributed by atoms with van der Waals surface area (Å²) in [5.41, 5.74) is -0.353. The Labute approximate surface area is 112 Å². The highest BCUT2D eigenvalue weighted by Gasteiger charge is 2.24. The average molecular weight is 280 g/mol. The molecule has 0 spiro atoms. The van der Waals surface area contributed by atoms with Crippen LogP contribution in [0.2, 0.25) is 0 Å². The second-order valence-corrected chi connectivity index (χ2v) is 6.80. The Morgan fingerprint density at radius 1 is 1.32 bits per heavy atom. The van der Waals surface area contributed by atoms with E-state index in [1.807, 2.05) is 30.3 Å². The molecule has 0 aliphatic heterocycles. The molecule has 0 aliphatic carbocycles. The van der Waals surface area contributed by atoms with Crippen LogP contribution >= 0.6 is 0 Å². The summed E-state index contributed by atoms with van der Waals surface area (Å²) in [4.78, 5) is 0.149. The lowest BCUT2D eigenvalue weighted by Gasteiger charge is -2.23. The summed E-state index contributed by atoms with van der Waals surface area (Å²) in [5, 5.41) is 14.4. The highest BCUT2D eigenvalue weighted by atomic mass is 32.2. The van der Waals surface area contributed by atoms with E-state index in [1.54, 1.807) is 6.92 Å². The van der Waals surface area contributed by atoms with E-state index < -0.39 is 15.4 Å². The fourth-order valence-electron chi connectivity index (χ4n) is 1.83. The third-order valence-corrected chi connectivity index (χ3v) is 3.97. The molecule has 1 atom stereocenters. The van der Waals surface area contributed by atoms with E-state index in [1.165, 1.54) is 17.1 Å². The van der Waals surface area contributed by atoms with Gasteiger partial charge in [0.05, 0.1) is 12.7 Å². The molecule has 1 aromatic carbocycles. The Morgan fingerprint density at radius 3 is 2.47 bits per heavy atom. The summed E-state index contributed by atoms with van der Waals surface area (Å²) < 4.78 is 24.2. The van der Waals surface area contributed by atoms with Crippen molar-refractivity contribution in [2.75, 3.05) is 6.26 Å². The molecule has 0 fully saturated rings. The lowest BCUT2D eigenvalue weighted by Crippen LogP contribution is -2.27. The largest absolute Gasteiger partial charge is 0.384 e. The number of benzene rings is 1. The number of hydrogen-bond donors (Lipinski definition) is 1. The van der Waals surface area contributed by atoms with E-state index in [-0.39, 0.29) is 11.4 Å². The monoisotopic (exact) mass is 280 g/mol. The molecule has 1 unspecified atom stereocenters. The number of sulfone groups is 1. The fourth-order valence-corrected chi connectivity index (χ4v) is 2.38. The summed E-state index contributed by atoms with van der Waals surface area (Å²) in [6, 6.07) is 9.20. The van der Waals surface area contributed by atoms with Gasteiger partial charge in [0.15, 0.2) is 9.84 Å². The Bertz CT molecular complexity index is 660. The van der Waals surface area contributed by atoms with E-state index >= 15 is 0 Å². The van der Waals surface area contributed by atoms with Gasteiger partial charge in [-0.1, -0.05) is 30.3 Å². The van der Waals surface area contributed by atoms with Gasteiger partial charge < -0.3 is 5.11 Å². The molecule has 1 aromatic heterocycles. The van der Waals surface area contributed by atoms with Crippen LogP contribution in [0.4, 0.5) is 0 Å². The van der Waals surface area contributed by atoms with E-state index in [0.717, 1.165) is 11.8 Å². The van der Waals surface area contributed by atoms with Gasteiger partial charge in [0.25, 0.3) is 0 Å². The van der Waals surface area contributed by atoms with Crippen LogP contribution in [0, 0.1) is 0 Å². The van der Waals surface area contributed by atoms with Crippen LogP contribution in [-0.4, -0.2) is 29.6 Å². The maximum atomic E-state index is 11.4. The third-order valence-electron chi connectivity index (χ3n) is 2.90. The van der Waals surface area contributed by atoms with Crippen molar-refractivity contribution in [2.45, 2.75) is 24.0 Å². The first-order valence-corrected chi connectivity index (χ1v) is 7.68. The number of hydrogen-bond acceptors (Lipinski definition) is 4. The van der Waals surface area contributed by atoms with Crippen molar-refractivity contribution in [1.29, 1.82) is 0 Å². The van der Waals surface area contributed by atoms with Gasteiger partial charge in [-0.3, -0.25) is 4.68 Å². The molecule has 0 bridgehead atoms. The van der Waals surface area contributed by atoms with E-state index in [2.05, 4.69) is 5.10 Å². The quantitative estimate of drug-likeness (QED) is 0.913. The number of aromatic nitrogens is 2. The normalized spacial score (nSPS) is 15.1. The summed E-state index contributed by atoms with van der Waals surface area (Å²) >= 11 is 0. The molecule has 19 heavy (non-hydrogen) atoms. The average Bonchev–Trinajstić information content (AvgIpc) is 2.78. The lowest BCUT2D eigenvalue weighted by molar-refractivity contribution is 0.0346. The maximum Gasteiger partial charge on any atom is 0.178 e.